The van der Waals surface area contributed by atoms with Gasteiger partial charge in [0, 0.05) is 59.8 Å². The van der Waals surface area contributed by atoms with Crippen LogP contribution in [-0.4, -0.2) is 141 Å². The number of nitrogens with one attached hydrogen (secondary N) is 9. The molecule has 0 saturated carbocycles. The van der Waals surface area contributed by atoms with Crippen molar-refractivity contribution in [1.29, 1.82) is 0 Å². The molecule has 0 spiro atoms. The van der Waals surface area contributed by atoms with E-state index in [0.29, 0.717) is 34.6 Å². The summed E-state index contributed by atoms with van der Waals surface area (Å²) in [6, 6.07) is 9.03. The Labute approximate surface area is 455 Å². The number of phenols is 1. The second-order valence-corrected chi connectivity index (χ2v) is 19.2. The number of hydrogen-bond donors (Lipinski definition) is 15. The van der Waals surface area contributed by atoms with Gasteiger partial charge in [-0.3, -0.25) is 43.2 Å². The van der Waals surface area contributed by atoms with Crippen LogP contribution < -0.4 is 54.0 Å². The average Bonchev–Trinajstić information content (AvgIpc) is 3.79. The Hall–Kier alpha value is -6.86. The number of carbonyl (C=O) groups excluding carboxylic acids is 9. The second kappa shape index (κ2) is 30.6. The third-order valence-corrected chi connectivity index (χ3v) is 13.1. The number of aliphatic hydroxyl groups excluding tert-OH is 1. The molecule has 0 aliphatic rings. The molecule has 9 amide bonds. The van der Waals surface area contributed by atoms with Crippen LogP contribution in [0.3, 0.4) is 0 Å². The molecule has 22 nitrogen and oxygen atoms in total. The van der Waals surface area contributed by atoms with E-state index < -0.39 is 108 Å². The molecule has 0 fully saturated rings. The first-order valence-corrected chi connectivity index (χ1v) is 26.2. The number of fused-ring (bicyclic) bond motifs is 1. The molecule has 3 aromatic carbocycles. The number of carbonyl (C=O) groups is 9. The van der Waals surface area contributed by atoms with Crippen molar-refractivity contribution in [2.75, 3.05) is 18.1 Å². The van der Waals surface area contributed by atoms with E-state index in [1.807, 2.05) is 18.2 Å². The maximum atomic E-state index is 14.7. The van der Waals surface area contributed by atoms with E-state index in [1.165, 1.54) is 38.1 Å². The van der Waals surface area contributed by atoms with Crippen LogP contribution in [0.2, 0.25) is 5.02 Å². The van der Waals surface area contributed by atoms with Crippen molar-refractivity contribution in [2.24, 2.45) is 11.5 Å². The van der Waals surface area contributed by atoms with Gasteiger partial charge in [0.15, 0.2) is 0 Å². The molecule has 0 aliphatic heterocycles. The molecule has 0 aliphatic carbocycles. The van der Waals surface area contributed by atoms with Crippen LogP contribution in [0.1, 0.15) is 63.1 Å². The summed E-state index contributed by atoms with van der Waals surface area (Å²) >= 11 is 14.5. The highest BCUT2D eigenvalue weighted by atomic mass is 35.5. The third kappa shape index (κ3) is 19.1. The largest absolute Gasteiger partial charge is 0.508 e. The standard InChI is InChI=1S/C51H68ClN11O11S2/c1-4-35(45(68)61-42(26-76)51(74)63-43(27(2)64)44(54)67)57-46(69)37(11-7-8-20-53)58-49(72)40(23-31-24-55-36-10-6-5-9-34(31)36)60-48(71)39(22-30-14-18-33(66)19-15-30)59-50(73)41(25-75)62-47(70)38(56-28(3)65)21-29-12-16-32(52)17-13-29/h5-6,9-10,12-19,24,27,35,37-43,55,64,66,75-76H,4,7-8,11,20-23,25-26,53H2,1-3H3,(H2,54,67)(H,56,65)(H,57,69)(H,58,72)(H,59,73)(H,60,71)(H,61,68)(H,62,70)(H,63,74)/t27-,35+,37+,38-,39+,40-,41+,42+,43+/m1/s1. The summed E-state index contributed by atoms with van der Waals surface area (Å²) in [5.74, 6) is -7.77. The molecular formula is C51H68ClN11O11S2. The number of aliphatic hydroxyl groups is 1. The van der Waals surface area contributed by atoms with Gasteiger partial charge in [0.05, 0.1) is 6.10 Å². The third-order valence-electron chi connectivity index (χ3n) is 12.1. The van der Waals surface area contributed by atoms with E-state index in [9.17, 15) is 53.4 Å². The maximum Gasteiger partial charge on any atom is 0.244 e. The lowest BCUT2D eigenvalue weighted by Crippen LogP contribution is -2.61. The average molecular weight is 1110 g/mol. The predicted molar refractivity (Wildman–Crippen MR) is 292 cm³/mol. The minimum atomic E-state index is -1.46. The molecule has 1 heterocycles. The minimum absolute atomic E-state index is 0.0178. The van der Waals surface area contributed by atoms with Gasteiger partial charge in [0.25, 0.3) is 0 Å². The number of para-hydroxylation sites is 1. The lowest BCUT2D eigenvalue weighted by Gasteiger charge is -2.28. The van der Waals surface area contributed by atoms with Crippen LogP contribution >= 0.6 is 36.9 Å². The van der Waals surface area contributed by atoms with Gasteiger partial charge >= 0.3 is 0 Å². The molecule has 76 heavy (non-hydrogen) atoms. The van der Waals surface area contributed by atoms with Gasteiger partial charge < -0.3 is 69.2 Å². The van der Waals surface area contributed by atoms with E-state index >= 15 is 0 Å². The van der Waals surface area contributed by atoms with Gasteiger partial charge in [-0.05, 0) is 86.2 Å². The summed E-state index contributed by atoms with van der Waals surface area (Å²) in [5, 5.41) is 42.0. The number of benzene rings is 3. The van der Waals surface area contributed by atoms with E-state index in [1.54, 1.807) is 43.5 Å². The number of nitrogens with two attached hydrogens (primary N) is 2. The Morgan fingerprint density at radius 3 is 1.57 bits per heavy atom. The van der Waals surface area contributed by atoms with Crippen LogP contribution in [0.5, 0.6) is 5.75 Å². The molecule has 1 aromatic heterocycles. The van der Waals surface area contributed by atoms with Crippen LogP contribution in [0.15, 0.2) is 79.0 Å². The Morgan fingerprint density at radius 1 is 0.605 bits per heavy atom. The first-order chi connectivity index (χ1) is 36.2. The van der Waals surface area contributed by atoms with Gasteiger partial charge in [-0.1, -0.05) is 61.0 Å². The highest BCUT2D eigenvalue weighted by Gasteiger charge is 2.35. The molecular weight excluding hydrogens is 1040 g/mol. The van der Waals surface area contributed by atoms with E-state index in [-0.39, 0.29) is 55.9 Å². The zero-order valence-corrected chi connectivity index (χ0v) is 44.8. The molecule has 412 valence electrons. The number of halogens is 1. The molecule has 15 N–H and O–H groups in total. The molecule has 0 saturated heterocycles. The topological polar surface area (TPSA) is 358 Å². The predicted octanol–water partition coefficient (Wildman–Crippen LogP) is -0.282. The van der Waals surface area contributed by atoms with Gasteiger partial charge in [-0.2, -0.15) is 25.3 Å². The zero-order valence-electron chi connectivity index (χ0n) is 42.3. The van der Waals surface area contributed by atoms with Crippen molar-refractivity contribution in [1.82, 2.24) is 47.5 Å². The number of aromatic hydroxyl groups is 1. The van der Waals surface area contributed by atoms with Crippen LogP contribution in [0.25, 0.3) is 10.9 Å². The fourth-order valence-electron chi connectivity index (χ4n) is 7.94. The fraction of sp³-hybridized carbons (Fsp3) is 0.431. The van der Waals surface area contributed by atoms with Crippen LogP contribution in [0, 0.1) is 0 Å². The van der Waals surface area contributed by atoms with E-state index in [4.69, 9.17) is 23.1 Å². The second-order valence-electron chi connectivity index (χ2n) is 18.1. The van der Waals surface area contributed by atoms with Gasteiger partial charge in [-0.25, -0.2) is 0 Å². The molecule has 0 unspecified atom stereocenters. The lowest BCUT2D eigenvalue weighted by atomic mass is 10.0. The Bertz CT molecular complexity index is 2640. The van der Waals surface area contributed by atoms with Crippen molar-refractivity contribution in [3.63, 3.8) is 0 Å². The number of H-pyrrole nitrogens is 1. The summed E-state index contributed by atoms with van der Waals surface area (Å²) in [6.45, 7) is 4.33. The SMILES string of the molecule is CC[C@H](NC(=O)[C@H](CCCCN)NC(=O)[C@@H](Cc1c[nH]c2ccccc12)NC(=O)[C@H](Cc1ccc(O)cc1)NC(=O)[C@H](CS)NC(=O)[C@@H](Cc1ccc(Cl)cc1)NC(C)=O)C(=O)N[C@@H](CS)C(=O)N[C@H](C(N)=O)[C@@H](C)O. The first-order valence-electron chi connectivity index (χ1n) is 24.5. The number of phenolic OH excluding ortho intramolecular Hbond substituents is 1. The molecule has 25 heteroatoms. The Morgan fingerprint density at radius 2 is 1.05 bits per heavy atom. The van der Waals surface area contributed by atoms with Crippen molar-refractivity contribution in [2.45, 2.75) is 120 Å². The monoisotopic (exact) mass is 1110 g/mol. The first kappa shape index (κ1) is 61.7. The maximum absolute atomic E-state index is 14.7. The van der Waals surface area contributed by atoms with Gasteiger partial charge in [-0.15, -0.1) is 0 Å². The summed E-state index contributed by atoms with van der Waals surface area (Å²) < 4.78 is 0. The minimum Gasteiger partial charge on any atom is -0.508 e. The van der Waals surface area contributed by atoms with Crippen LogP contribution in [-0.2, 0) is 62.4 Å². The van der Waals surface area contributed by atoms with Crippen molar-refractivity contribution in [3.8, 4) is 5.75 Å². The van der Waals surface area contributed by atoms with Crippen molar-refractivity contribution >= 4 is 101 Å². The number of aromatic nitrogens is 1. The highest BCUT2D eigenvalue weighted by molar-refractivity contribution is 7.80. The lowest BCUT2D eigenvalue weighted by molar-refractivity contribution is -0.135. The van der Waals surface area contributed by atoms with E-state index in [2.05, 4.69) is 72.8 Å². The van der Waals surface area contributed by atoms with Crippen LogP contribution in [0.4, 0.5) is 0 Å². The van der Waals surface area contributed by atoms with Crippen molar-refractivity contribution in [3.05, 3.63) is 101 Å². The zero-order chi connectivity index (χ0) is 56.1. The number of unbranched alkanes of at least 4 members (excludes halogenated alkanes) is 1. The molecule has 4 rings (SSSR count). The fourth-order valence-corrected chi connectivity index (χ4v) is 8.58. The number of thiol groups is 2. The summed E-state index contributed by atoms with van der Waals surface area (Å²) in [4.78, 5) is 125. The number of aromatic amines is 1. The van der Waals surface area contributed by atoms with E-state index in [0.717, 1.165) is 10.9 Å². The Kier molecular flexibility index (Phi) is 24.9. The molecule has 0 bridgehead atoms. The summed E-state index contributed by atoms with van der Waals surface area (Å²) in [6.07, 6.45) is 0.904. The summed E-state index contributed by atoms with van der Waals surface area (Å²) in [7, 11) is 0. The van der Waals surface area contributed by atoms with Crippen molar-refractivity contribution < 1.29 is 53.4 Å². The smallest absolute Gasteiger partial charge is 0.244 e. The van der Waals surface area contributed by atoms with Gasteiger partial charge in [0.2, 0.25) is 53.2 Å². The molecule has 0 radical (unpaired) electrons. The number of hydrogen-bond acceptors (Lipinski definition) is 14. The molecule has 4 aromatic rings. The number of amides is 9. The normalized spacial score (nSPS) is 14.7. The number of primary amides is 1. The number of rotatable bonds is 30. The quantitative estimate of drug-likeness (QED) is 0.0237. The highest BCUT2D eigenvalue weighted by Crippen LogP contribution is 2.20. The molecule has 9 atom stereocenters. The Balaban J connectivity index is 1.63. The van der Waals surface area contributed by atoms with Gasteiger partial charge in [0.1, 0.15) is 54.1 Å². The summed E-state index contributed by atoms with van der Waals surface area (Å²) in [5.41, 5.74) is 13.6.